The highest BCUT2D eigenvalue weighted by molar-refractivity contribution is 5.95. The number of nitrogens with zero attached hydrogens (tertiary/aromatic N) is 1. The zero-order valence-electron chi connectivity index (χ0n) is 10.9. The Morgan fingerprint density at radius 2 is 2.05 bits per heavy atom. The van der Waals surface area contributed by atoms with Crippen molar-refractivity contribution >= 4 is 17.5 Å². The van der Waals surface area contributed by atoms with E-state index in [2.05, 4.69) is 5.32 Å². The lowest BCUT2D eigenvalue weighted by Gasteiger charge is -2.23. The molecule has 19 heavy (non-hydrogen) atoms. The third-order valence-electron chi connectivity index (χ3n) is 3.30. The van der Waals surface area contributed by atoms with Crippen LogP contribution in [-0.2, 0) is 4.79 Å². The van der Waals surface area contributed by atoms with Crippen molar-refractivity contribution in [2.24, 2.45) is 0 Å². The number of rotatable bonds is 3. The molecule has 1 saturated heterocycles. The maximum absolute atomic E-state index is 12.3. The minimum atomic E-state index is -0.140. The standard InChI is InChI=1S/C14H18N2O3/c1-10(18)15-12-6-4-11(5-7-12)14(19)16-8-2-3-13(16)9-17/h4-7,13,17H,2-3,8-9H2,1H3,(H,15,18)/t13-/m1/s1. The highest BCUT2D eigenvalue weighted by Crippen LogP contribution is 2.20. The van der Waals surface area contributed by atoms with E-state index in [0.717, 1.165) is 12.8 Å². The Balaban J connectivity index is 2.09. The summed E-state index contributed by atoms with van der Waals surface area (Å²) in [5.41, 5.74) is 1.25. The van der Waals surface area contributed by atoms with Crippen LogP contribution in [-0.4, -0.2) is 41.0 Å². The summed E-state index contributed by atoms with van der Waals surface area (Å²) in [6, 6.07) is 6.74. The van der Waals surface area contributed by atoms with Crippen molar-refractivity contribution < 1.29 is 14.7 Å². The van der Waals surface area contributed by atoms with Crippen LogP contribution < -0.4 is 5.32 Å². The van der Waals surface area contributed by atoms with E-state index in [0.29, 0.717) is 17.8 Å². The molecular formula is C14H18N2O3. The molecule has 1 fully saturated rings. The number of hydrogen-bond acceptors (Lipinski definition) is 3. The first kappa shape index (κ1) is 13.5. The second-order valence-electron chi connectivity index (χ2n) is 4.74. The van der Waals surface area contributed by atoms with Crippen molar-refractivity contribution in [3.05, 3.63) is 29.8 Å². The summed E-state index contributed by atoms with van der Waals surface area (Å²) < 4.78 is 0. The summed E-state index contributed by atoms with van der Waals surface area (Å²) >= 11 is 0. The molecule has 1 heterocycles. The molecule has 1 atom stereocenters. The maximum Gasteiger partial charge on any atom is 0.254 e. The monoisotopic (exact) mass is 262 g/mol. The Kier molecular flexibility index (Phi) is 4.16. The van der Waals surface area contributed by atoms with Gasteiger partial charge in [-0.1, -0.05) is 0 Å². The fourth-order valence-electron chi connectivity index (χ4n) is 2.36. The number of benzene rings is 1. The van der Waals surface area contributed by atoms with E-state index in [9.17, 15) is 14.7 Å². The minimum absolute atomic E-state index is 0.00964. The molecule has 1 aromatic rings. The minimum Gasteiger partial charge on any atom is -0.394 e. The molecule has 102 valence electrons. The Morgan fingerprint density at radius 1 is 1.37 bits per heavy atom. The molecule has 1 aliphatic rings. The molecule has 2 N–H and O–H groups in total. The SMILES string of the molecule is CC(=O)Nc1ccc(C(=O)N2CCC[C@@H]2CO)cc1. The smallest absolute Gasteiger partial charge is 0.254 e. The fraction of sp³-hybridized carbons (Fsp3) is 0.429. The molecule has 1 aliphatic heterocycles. The molecule has 0 saturated carbocycles. The molecule has 0 bridgehead atoms. The molecule has 0 spiro atoms. The summed E-state index contributed by atoms with van der Waals surface area (Å²) in [4.78, 5) is 24.9. The quantitative estimate of drug-likeness (QED) is 0.861. The van der Waals surface area contributed by atoms with Crippen LogP contribution >= 0.6 is 0 Å². The number of anilines is 1. The number of likely N-dealkylation sites (tertiary alicyclic amines) is 1. The summed E-state index contributed by atoms with van der Waals surface area (Å²) in [6.45, 7) is 2.14. The van der Waals surface area contributed by atoms with Gasteiger partial charge in [0.2, 0.25) is 5.91 Å². The van der Waals surface area contributed by atoms with E-state index >= 15 is 0 Å². The van der Waals surface area contributed by atoms with Crippen molar-refractivity contribution in [1.82, 2.24) is 4.90 Å². The number of carbonyl (C=O) groups excluding carboxylic acids is 2. The summed E-state index contributed by atoms with van der Waals surface area (Å²) in [5.74, 6) is -0.204. The highest BCUT2D eigenvalue weighted by Gasteiger charge is 2.28. The van der Waals surface area contributed by atoms with Gasteiger partial charge < -0.3 is 15.3 Å². The second-order valence-corrected chi connectivity index (χ2v) is 4.74. The molecule has 2 rings (SSSR count). The molecule has 5 heteroatoms. The van der Waals surface area contributed by atoms with Gasteiger partial charge in [0, 0.05) is 24.7 Å². The molecule has 0 unspecified atom stereocenters. The lowest BCUT2D eigenvalue weighted by molar-refractivity contribution is -0.114. The lowest BCUT2D eigenvalue weighted by Crippen LogP contribution is -2.37. The maximum atomic E-state index is 12.3. The summed E-state index contributed by atoms with van der Waals surface area (Å²) in [6.07, 6.45) is 1.78. The molecule has 1 aromatic carbocycles. The van der Waals surface area contributed by atoms with Gasteiger partial charge in [0.05, 0.1) is 12.6 Å². The van der Waals surface area contributed by atoms with Gasteiger partial charge >= 0.3 is 0 Å². The largest absolute Gasteiger partial charge is 0.394 e. The number of hydrogen-bond donors (Lipinski definition) is 2. The van der Waals surface area contributed by atoms with Crippen molar-refractivity contribution in [3.8, 4) is 0 Å². The number of aliphatic hydroxyl groups excluding tert-OH is 1. The van der Waals surface area contributed by atoms with Crippen LogP contribution in [0.2, 0.25) is 0 Å². The van der Waals surface area contributed by atoms with Crippen molar-refractivity contribution in [2.75, 3.05) is 18.5 Å². The van der Waals surface area contributed by atoms with Gasteiger partial charge in [-0.2, -0.15) is 0 Å². The van der Waals surface area contributed by atoms with Crippen LogP contribution in [0.4, 0.5) is 5.69 Å². The third-order valence-corrected chi connectivity index (χ3v) is 3.30. The number of carbonyl (C=O) groups is 2. The van der Waals surface area contributed by atoms with E-state index in [1.54, 1.807) is 29.2 Å². The van der Waals surface area contributed by atoms with Gasteiger partial charge in [0.25, 0.3) is 5.91 Å². The Bertz CT molecular complexity index is 470. The van der Waals surface area contributed by atoms with Gasteiger partial charge in [-0.15, -0.1) is 0 Å². The summed E-state index contributed by atoms with van der Waals surface area (Å²) in [5, 5.41) is 11.9. The predicted molar refractivity (Wildman–Crippen MR) is 71.9 cm³/mol. The van der Waals surface area contributed by atoms with E-state index in [1.807, 2.05) is 0 Å². The van der Waals surface area contributed by atoms with E-state index < -0.39 is 0 Å². The van der Waals surface area contributed by atoms with Crippen molar-refractivity contribution in [3.63, 3.8) is 0 Å². The fourth-order valence-corrected chi connectivity index (χ4v) is 2.36. The topological polar surface area (TPSA) is 69.6 Å². The van der Waals surface area contributed by atoms with E-state index in [-0.39, 0.29) is 24.5 Å². The second kappa shape index (κ2) is 5.84. The zero-order valence-corrected chi connectivity index (χ0v) is 10.9. The molecular weight excluding hydrogens is 244 g/mol. The number of aliphatic hydroxyl groups is 1. The van der Waals surface area contributed by atoms with Crippen molar-refractivity contribution in [2.45, 2.75) is 25.8 Å². The van der Waals surface area contributed by atoms with Gasteiger partial charge in [-0.25, -0.2) is 0 Å². The zero-order chi connectivity index (χ0) is 13.8. The van der Waals surface area contributed by atoms with Gasteiger partial charge in [0.1, 0.15) is 0 Å². The first-order chi connectivity index (χ1) is 9.11. The predicted octanol–water partition coefficient (Wildman–Crippen LogP) is 1.24. The van der Waals surface area contributed by atoms with Gasteiger partial charge in [-0.3, -0.25) is 9.59 Å². The first-order valence-electron chi connectivity index (χ1n) is 6.41. The molecule has 0 aromatic heterocycles. The highest BCUT2D eigenvalue weighted by atomic mass is 16.3. The normalized spacial score (nSPS) is 18.4. The molecule has 0 radical (unpaired) electrons. The van der Waals surface area contributed by atoms with Crippen LogP contribution in [0.1, 0.15) is 30.1 Å². The average molecular weight is 262 g/mol. The molecule has 0 aliphatic carbocycles. The Labute approximate surface area is 112 Å². The van der Waals surface area contributed by atoms with Crippen LogP contribution in [0.25, 0.3) is 0 Å². The number of nitrogens with one attached hydrogen (secondary N) is 1. The van der Waals surface area contributed by atoms with Crippen molar-refractivity contribution in [1.29, 1.82) is 0 Å². The number of amides is 2. The Morgan fingerprint density at radius 3 is 2.63 bits per heavy atom. The van der Waals surface area contributed by atoms with Crippen LogP contribution in [0.15, 0.2) is 24.3 Å². The lowest BCUT2D eigenvalue weighted by atomic mass is 10.1. The molecule has 5 nitrogen and oxygen atoms in total. The van der Waals surface area contributed by atoms with Gasteiger partial charge in [-0.05, 0) is 37.1 Å². The van der Waals surface area contributed by atoms with Crippen LogP contribution in [0, 0.1) is 0 Å². The van der Waals surface area contributed by atoms with E-state index in [4.69, 9.17) is 0 Å². The van der Waals surface area contributed by atoms with Crippen LogP contribution in [0.3, 0.4) is 0 Å². The molecule has 2 amide bonds. The van der Waals surface area contributed by atoms with Crippen LogP contribution in [0.5, 0.6) is 0 Å². The van der Waals surface area contributed by atoms with E-state index in [1.165, 1.54) is 6.92 Å². The van der Waals surface area contributed by atoms with Gasteiger partial charge in [0.15, 0.2) is 0 Å². The summed E-state index contributed by atoms with van der Waals surface area (Å²) in [7, 11) is 0. The first-order valence-corrected chi connectivity index (χ1v) is 6.41. The Hall–Kier alpha value is -1.88. The third kappa shape index (κ3) is 3.12. The average Bonchev–Trinajstić information content (AvgIpc) is 2.86.